The van der Waals surface area contributed by atoms with Gasteiger partial charge in [0.25, 0.3) is 0 Å². The van der Waals surface area contributed by atoms with Crippen molar-refractivity contribution in [1.82, 2.24) is 4.98 Å². The van der Waals surface area contributed by atoms with Gasteiger partial charge in [0.05, 0.1) is 0 Å². The first-order chi connectivity index (χ1) is 7.70. The normalized spacial score (nSPS) is 11.2. The Balaban J connectivity index is 2.85. The predicted octanol–water partition coefficient (Wildman–Crippen LogP) is 3.35. The number of aromatic nitrogens is 1. The number of rotatable bonds is 1. The topological polar surface area (TPSA) is 42.4 Å². The molecule has 0 fully saturated rings. The number of ether oxygens (including phenoxy) is 1. The van der Waals surface area contributed by atoms with Gasteiger partial charge in [0.15, 0.2) is 5.82 Å². The highest BCUT2D eigenvalue weighted by Gasteiger charge is 2.21. The van der Waals surface area contributed by atoms with E-state index in [0.717, 1.165) is 0 Å². The summed E-state index contributed by atoms with van der Waals surface area (Å²) in [7, 11) is 1.51. The molecule has 0 spiro atoms. The quantitative estimate of drug-likeness (QED) is 0.747. The summed E-state index contributed by atoms with van der Waals surface area (Å²) >= 11 is 2.96. The molecule has 17 heavy (non-hydrogen) atoms. The number of hydrogen-bond donors (Lipinski definition) is 0. The van der Waals surface area contributed by atoms with Gasteiger partial charge in [-0.25, -0.2) is 14.2 Å². The standard InChI is InChI=1S/C11H14BrFN2O2/c1-11(2,3)17-10(16)15(4)8-6-5-7(13)9(12)14-8/h5-6H,1-4H3. The van der Waals surface area contributed by atoms with Crippen molar-refractivity contribution in [2.75, 3.05) is 11.9 Å². The molecule has 0 aliphatic carbocycles. The zero-order valence-corrected chi connectivity index (χ0v) is 11.7. The first kappa shape index (κ1) is 13.9. The van der Waals surface area contributed by atoms with Crippen LogP contribution in [0.2, 0.25) is 0 Å². The predicted molar refractivity (Wildman–Crippen MR) is 66.5 cm³/mol. The minimum absolute atomic E-state index is 0.0606. The molecule has 0 saturated heterocycles. The molecule has 0 unspecified atom stereocenters. The third-order valence-electron chi connectivity index (χ3n) is 1.80. The van der Waals surface area contributed by atoms with Crippen LogP contribution in [0, 0.1) is 5.82 Å². The van der Waals surface area contributed by atoms with E-state index >= 15 is 0 Å². The fourth-order valence-electron chi connectivity index (χ4n) is 1.02. The van der Waals surface area contributed by atoms with E-state index in [1.165, 1.54) is 24.1 Å². The van der Waals surface area contributed by atoms with Gasteiger partial charge in [-0.15, -0.1) is 0 Å². The van der Waals surface area contributed by atoms with E-state index in [4.69, 9.17) is 4.74 Å². The second-order valence-corrected chi connectivity index (χ2v) is 5.23. The SMILES string of the molecule is CN(C(=O)OC(C)(C)C)c1ccc(F)c(Br)n1. The van der Waals surface area contributed by atoms with E-state index in [1.807, 2.05) is 0 Å². The van der Waals surface area contributed by atoms with E-state index in [-0.39, 0.29) is 4.60 Å². The molecule has 0 bridgehead atoms. The minimum atomic E-state index is -0.581. The molecule has 0 radical (unpaired) electrons. The van der Waals surface area contributed by atoms with Crippen LogP contribution < -0.4 is 4.90 Å². The van der Waals surface area contributed by atoms with Crippen molar-refractivity contribution in [1.29, 1.82) is 0 Å². The molecule has 0 N–H and O–H groups in total. The van der Waals surface area contributed by atoms with Gasteiger partial charge in [-0.3, -0.25) is 4.90 Å². The zero-order valence-electron chi connectivity index (χ0n) is 10.1. The molecule has 1 rings (SSSR count). The van der Waals surface area contributed by atoms with Crippen LogP contribution >= 0.6 is 15.9 Å². The van der Waals surface area contributed by atoms with Gasteiger partial charge in [0, 0.05) is 7.05 Å². The minimum Gasteiger partial charge on any atom is -0.443 e. The maximum Gasteiger partial charge on any atom is 0.415 e. The van der Waals surface area contributed by atoms with Crippen molar-refractivity contribution in [2.45, 2.75) is 26.4 Å². The third-order valence-corrected chi connectivity index (χ3v) is 2.36. The molecule has 0 atom stereocenters. The lowest BCUT2D eigenvalue weighted by Crippen LogP contribution is -2.34. The highest BCUT2D eigenvalue weighted by Crippen LogP contribution is 2.19. The number of amides is 1. The first-order valence-electron chi connectivity index (χ1n) is 4.99. The highest BCUT2D eigenvalue weighted by molar-refractivity contribution is 9.10. The Morgan fingerprint density at radius 2 is 2.06 bits per heavy atom. The Morgan fingerprint density at radius 1 is 1.47 bits per heavy atom. The van der Waals surface area contributed by atoms with E-state index in [2.05, 4.69) is 20.9 Å². The molecular formula is C11H14BrFN2O2. The van der Waals surface area contributed by atoms with Crippen LogP contribution in [-0.4, -0.2) is 23.7 Å². The van der Waals surface area contributed by atoms with Gasteiger partial charge < -0.3 is 4.74 Å². The van der Waals surface area contributed by atoms with Crippen LogP contribution in [0.3, 0.4) is 0 Å². The van der Waals surface area contributed by atoms with Crippen molar-refractivity contribution in [3.8, 4) is 0 Å². The molecule has 1 aromatic rings. The first-order valence-corrected chi connectivity index (χ1v) is 5.79. The van der Waals surface area contributed by atoms with E-state index in [1.54, 1.807) is 20.8 Å². The van der Waals surface area contributed by atoms with E-state index in [9.17, 15) is 9.18 Å². The van der Waals surface area contributed by atoms with Crippen LogP contribution in [-0.2, 0) is 4.74 Å². The Morgan fingerprint density at radius 3 is 2.53 bits per heavy atom. The second-order valence-electron chi connectivity index (χ2n) is 4.48. The van der Waals surface area contributed by atoms with Crippen molar-refractivity contribution >= 4 is 27.8 Å². The van der Waals surface area contributed by atoms with E-state index < -0.39 is 17.5 Å². The molecular weight excluding hydrogens is 291 g/mol. The van der Waals surface area contributed by atoms with Gasteiger partial charge in [-0.05, 0) is 48.8 Å². The summed E-state index contributed by atoms with van der Waals surface area (Å²) in [5, 5.41) is 0. The molecule has 0 aliphatic heterocycles. The van der Waals surface area contributed by atoms with Crippen molar-refractivity contribution in [2.24, 2.45) is 0 Å². The van der Waals surface area contributed by atoms with Crippen molar-refractivity contribution in [3.63, 3.8) is 0 Å². The lowest BCUT2D eigenvalue weighted by Gasteiger charge is -2.24. The lowest BCUT2D eigenvalue weighted by molar-refractivity contribution is 0.0588. The number of nitrogens with zero attached hydrogens (tertiary/aromatic N) is 2. The summed E-state index contributed by atoms with van der Waals surface area (Å²) in [5.74, 6) is -0.168. The second kappa shape index (κ2) is 5.00. The Bertz CT molecular complexity index is 432. The number of carbonyl (C=O) groups is 1. The lowest BCUT2D eigenvalue weighted by atomic mass is 10.2. The molecule has 0 saturated carbocycles. The summed E-state index contributed by atoms with van der Waals surface area (Å²) < 4.78 is 18.2. The maximum absolute atomic E-state index is 13.0. The van der Waals surface area contributed by atoms with Gasteiger partial charge in [0.1, 0.15) is 16.0 Å². The Kier molecular flexibility index (Phi) is 4.08. The van der Waals surface area contributed by atoms with E-state index in [0.29, 0.717) is 5.82 Å². The number of hydrogen-bond acceptors (Lipinski definition) is 3. The van der Waals surface area contributed by atoms with Crippen molar-refractivity contribution in [3.05, 3.63) is 22.6 Å². The molecule has 1 amide bonds. The van der Waals surface area contributed by atoms with Gasteiger partial charge in [0.2, 0.25) is 0 Å². The van der Waals surface area contributed by atoms with Gasteiger partial charge in [-0.1, -0.05) is 0 Å². The number of carbonyl (C=O) groups excluding carboxylic acids is 1. The molecule has 6 heteroatoms. The third kappa shape index (κ3) is 3.96. The largest absolute Gasteiger partial charge is 0.443 e. The zero-order chi connectivity index (χ0) is 13.2. The summed E-state index contributed by atoms with van der Waals surface area (Å²) in [6, 6.07) is 2.64. The van der Waals surface area contributed by atoms with Crippen LogP contribution in [0.15, 0.2) is 16.7 Å². The average molecular weight is 305 g/mol. The number of pyridine rings is 1. The summed E-state index contributed by atoms with van der Waals surface area (Å²) in [6.07, 6.45) is -0.538. The number of halogens is 2. The van der Waals surface area contributed by atoms with Crippen molar-refractivity contribution < 1.29 is 13.9 Å². The average Bonchev–Trinajstić information content (AvgIpc) is 2.18. The summed E-state index contributed by atoms with van der Waals surface area (Å²) in [5.41, 5.74) is -0.581. The molecule has 94 valence electrons. The van der Waals surface area contributed by atoms with Crippen LogP contribution in [0.25, 0.3) is 0 Å². The molecule has 1 heterocycles. The molecule has 1 aromatic heterocycles. The van der Waals surface area contributed by atoms with Gasteiger partial charge in [-0.2, -0.15) is 0 Å². The van der Waals surface area contributed by atoms with Crippen LogP contribution in [0.5, 0.6) is 0 Å². The molecule has 0 aliphatic rings. The smallest absolute Gasteiger partial charge is 0.415 e. The van der Waals surface area contributed by atoms with Crippen LogP contribution in [0.1, 0.15) is 20.8 Å². The summed E-state index contributed by atoms with van der Waals surface area (Å²) in [6.45, 7) is 5.31. The fraction of sp³-hybridized carbons (Fsp3) is 0.455. The maximum atomic E-state index is 13.0. The number of anilines is 1. The molecule has 0 aromatic carbocycles. The Labute approximate surface area is 108 Å². The highest BCUT2D eigenvalue weighted by atomic mass is 79.9. The van der Waals surface area contributed by atoms with Gasteiger partial charge >= 0.3 is 6.09 Å². The summed E-state index contributed by atoms with van der Waals surface area (Å²) in [4.78, 5) is 16.8. The molecule has 4 nitrogen and oxygen atoms in total. The fourth-order valence-corrected chi connectivity index (χ4v) is 1.33. The monoisotopic (exact) mass is 304 g/mol. The Hall–Kier alpha value is -1.17. The van der Waals surface area contributed by atoms with Crippen LogP contribution in [0.4, 0.5) is 15.0 Å².